The zero-order valence-electron chi connectivity index (χ0n) is 12.6. The molecular weight excluding hydrogens is 356 g/mol. The van der Waals surface area contributed by atoms with E-state index in [0.29, 0.717) is 23.9 Å². The van der Waals surface area contributed by atoms with Gasteiger partial charge in [-0.1, -0.05) is 29.8 Å². The maximum atomic E-state index is 12.0. The lowest BCUT2D eigenvalue weighted by Crippen LogP contribution is -2.24. The van der Waals surface area contributed by atoms with Gasteiger partial charge in [0, 0.05) is 16.6 Å². The number of ether oxygens (including phenoxy) is 1. The molecule has 0 radical (unpaired) electrons. The van der Waals surface area contributed by atoms with Crippen molar-refractivity contribution in [1.82, 2.24) is 5.32 Å². The molecule has 0 fully saturated rings. The first-order valence-corrected chi connectivity index (χ1v) is 9.35. The molecule has 0 aliphatic carbocycles. The minimum atomic E-state index is -3.33. The predicted molar refractivity (Wildman–Crippen MR) is 90.5 cm³/mol. The van der Waals surface area contributed by atoms with Gasteiger partial charge in [0.2, 0.25) is 10.0 Å². The highest BCUT2D eigenvalue weighted by Gasteiger charge is 2.11. The van der Waals surface area contributed by atoms with Crippen LogP contribution in [0.3, 0.4) is 0 Å². The van der Waals surface area contributed by atoms with Crippen LogP contribution in [0.5, 0.6) is 5.75 Å². The van der Waals surface area contributed by atoms with E-state index >= 15 is 0 Å². The summed E-state index contributed by atoms with van der Waals surface area (Å²) in [5.41, 5.74) is 0.501. The zero-order valence-corrected chi connectivity index (χ0v) is 15.1. The van der Waals surface area contributed by atoms with Crippen molar-refractivity contribution in [3.8, 4) is 5.75 Å². The van der Waals surface area contributed by atoms with Crippen LogP contribution in [0.25, 0.3) is 0 Å². The van der Waals surface area contributed by atoms with Crippen molar-refractivity contribution in [1.29, 1.82) is 0 Å². The van der Waals surface area contributed by atoms with E-state index in [1.165, 1.54) is 0 Å². The van der Waals surface area contributed by atoms with Crippen LogP contribution in [0.2, 0.25) is 0 Å². The SMILES string of the molecule is COc1cc(Br)cc(NS(=O)(=O)CCCCNC(C)C)c1. The quantitative estimate of drug-likeness (QED) is 0.648. The lowest BCUT2D eigenvalue weighted by Gasteiger charge is -2.11. The van der Waals surface area contributed by atoms with Crippen molar-refractivity contribution >= 4 is 31.6 Å². The molecule has 0 atom stereocenters. The Labute approximate surface area is 135 Å². The lowest BCUT2D eigenvalue weighted by atomic mass is 10.3. The van der Waals surface area contributed by atoms with Crippen LogP contribution in [-0.2, 0) is 10.0 Å². The molecule has 0 aromatic heterocycles. The van der Waals surface area contributed by atoms with Crippen molar-refractivity contribution in [3.05, 3.63) is 22.7 Å². The van der Waals surface area contributed by atoms with Crippen LogP contribution in [0.15, 0.2) is 22.7 Å². The Morgan fingerprint density at radius 3 is 2.57 bits per heavy atom. The number of sulfonamides is 1. The third-order valence-corrected chi connectivity index (χ3v) is 4.60. The number of hydrogen-bond donors (Lipinski definition) is 2. The smallest absolute Gasteiger partial charge is 0.232 e. The Morgan fingerprint density at radius 2 is 1.95 bits per heavy atom. The highest BCUT2D eigenvalue weighted by molar-refractivity contribution is 9.10. The molecule has 2 N–H and O–H groups in total. The summed E-state index contributed by atoms with van der Waals surface area (Å²) >= 11 is 3.32. The summed E-state index contributed by atoms with van der Waals surface area (Å²) in [4.78, 5) is 0. The predicted octanol–water partition coefficient (Wildman–Crippen LogP) is 2.98. The number of rotatable bonds is 9. The molecule has 5 nitrogen and oxygen atoms in total. The normalized spacial score (nSPS) is 11.7. The summed E-state index contributed by atoms with van der Waals surface area (Å²) in [6.45, 7) is 4.97. The van der Waals surface area contributed by atoms with E-state index in [0.717, 1.165) is 17.4 Å². The average molecular weight is 379 g/mol. The molecule has 0 unspecified atom stereocenters. The van der Waals surface area contributed by atoms with Gasteiger partial charge in [-0.2, -0.15) is 0 Å². The molecule has 0 spiro atoms. The maximum Gasteiger partial charge on any atom is 0.232 e. The van der Waals surface area contributed by atoms with Crippen molar-refractivity contribution in [3.63, 3.8) is 0 Å². The molecule has 0 saturated carbocycles. The Kier molecular flexibility index (Phi) is 7.48. The van der Waals surface area contributed by atoms with Crippen molar-refractivity contribution in [2.75, 3.05) is 24.1 Å². The number of unbranched alkanes of at least 4 members (excludes halogenated alkanes) is 1. The van der Waals surface area contributed by atoms with Crippen molar-refractivity contribution in [2.24, 2.45) is 0 Å². The van der Waals surface area contributed by atoms with Gasteiger partial charge < -0.3 is 10.1 Å². The van der Waals surface area contributed by atoms with Gasteiger partial charge in [-0.25, -0.2) is 8.42 Å². The molecule has 120 valence electrons. The molecule has 1 aromatic carbocycles. The van der Waals surface area contributed by atoms with Gasteiger partial charge in [0.15, 0.2) is 0 Å². The van der Waals surface area contributed by atoms with E-state index in [1.807, 2.05) is 0 Å². The molecule has 0 bridgehead atoms. The largest absolute Gasteiger partial charge is 0.497 e. The number of hydrogen-bond acceptors (Lipinski definition) is 4. The molecule has 0 heterocycles. The molecular formula is C14H23BrN2O3S. The fourth-order valence-corrected chi connectivity index (χ4v) is 3.41. The third-order valence-electron chi connectivity index (χ3n) is 2.77. The first kappa shape index (κ1) is 18.3. The Bertz CT molecular complexity index is 547. The van der Waals surface area contributed by atoms with E-state index < -0.39 is 10.0 Å². The summed E-state index contributed by atoms with van der Waals surface area (Å²) in [5.74, 6) is 0.713. The summed E-state index contributed by atoms with van der Waals surface area (Å²) in [7, 11) is -1.79. The van der Waals surface area contributed by atoms with E-state index in [9.17, 15) is 8.42 Å². The molecule has 0 amide bonds. The average Bonchev–Trinajstić information content (AvgIpc) is 2.36. The molecule has 0 aliphatic rings. The third kappa shape index (κ3) is 7.68. The fourth-order valence-electron chi connectivity index (χ4n) is 1.78. The van der Waals surface area contributed by atoms with Crippen LogP contribution in [0.4, 0.5) is 5.69 Å². The van der Waals surface area contributed by atoms with Crippen LogP contribution in [0.1, 0.15) is 26.7 Å². The van der Waals surface area contributed by atoms with Crippen molar-refractivity contribution in [2.45, 2.75) is 32.7 Å². The van der Waals surface area contributed by atoms with Gasteiger partial charge in [0.1, 0.15) is 5.75 Å². The first-order chi connectivity index (χ1) is 9.82. The van der Waals surface area contributed by atoms with Gasteiger partial charge in [0.05, 0.1) is 18.6 Å². The zero-order chi connectivity index (χ0) is 15.9. The number of methoxy groups -OCH3 is 1. The first-order valence-electron chi connectivity index (χ1n) is 6.91. The molecule has 1 rings (SSSR count). The van der Waals surface area contributed by atoms with Crippen LogP contribution in [0, 0.1) is 0 Å². The topological polar surface area (TPSA) is 67.4 Å². The minimum Gasteiger partial charge on any atom is -0.497 e. The van der Waals surface area contributed by atoms with Crippen molar-refractivity contribution < 1.29 is 13.2 Å². The maximum absolute atomic E-state index is 12.0. The van der Waals surface area contributed by atoms with Gasteiger partial charge in [-0.15, -0.1) is 0 Å². The van der Waals surface area contributed by atoms with Gasteiger partial charge >= 0.3 is 0 Å². The highest BCUT2D eigenvalue weighted by atomic mass is 79.9. The van der Waals surface area contributed by atoms with Crippen LogP contribution in [-0.4, -0.2) is 33.9 Å². The second-order valence-electron chi connectivity index (χ2n) is 5.12. The lowest BCUT2D eigenvalue weighted by molar-refractivity contribution is 0.415. The summed E-state index contributed by atoms with van der Waals surface area (Å²) < 4.78 is 32.5. The molecule has 0 aliphatic heterocycles. The monoisotopic (exact) mass is 378 g/mol. The van der Waals surface area contributed by atoms with Gasteiger partial charge in [-0.05, 0) is 31.5 Å². The number of benzene rings is 1. The number of halogens is 1. The highest BCUT2D eigenvalue weighted by Crippen LogP contribution is 2.25. The minimum absolute atomic E-state index is 0.113. The molecule has 1 aromatic rings. The molecule has 7 heteroatoms. The Hall–Kier alpha value is -0.790. The summed E-state index contributed by atoms with van der Waals surface area (Å²) in [6, 6.07) is 5.56. The number of nitrogens with one attached hydrogen (secondary N) is 2. The standard InChI is InChI=1S/C14H23BrN2O3S/c1-11(2)16-6-4-5-7-21(18,19)17-13-8-12(15)9-14(10-13)20-3/h8-11,16-17H,4-7H2,1-3H3. The second-order valence-corrected chi connectivity index (χ2v) is 7.87. The fraction of sp³-hybridized carbons (Fsp3) is 0.571. The molecule has 21 heavy (non-hydrogen) atoms. The van der Waals surface area contributed by atoms with Gasteiger partial charge in [-0.3, -0.25) is 4.72 Å². The van der Waals surface area contributed by atoms with E-state index in [-0.39, 0.29) is 5.75 Å². The summed E-state index contributed by atoms with van der Waals surface area (Å²) in [6.07, 6.45) is 1.46. The van der Waals surface area contributed by atoms with E-state index in [4.69, 9.17) is 4.74 Å². The van der Waals surface area contributed by atoms with Crippen LogP contribution < -0.4 is 14.8 Å². The van der Waals surface area contributed by atoms with E-state index in [2.05, 4.69) is 39.8 Å². The molecule has 0 saturated heterocycles. The second kappa shape index (κ2) is 8.60. The van der Waals surface area contributed by atoms with E-state index in [1.54, 1.807) is 25.3 Å². The van der Waals surface area contributed by atoms with Crippen LogP contribution >= 0.6 is 15.9 Å². The Balaban J connectivity index is 2.50. The van der Waals surface area contributed by atoms with Gasteiger partial charge in [0.25, 0.3) is 0 Å². The summed E-state index contributed by atoms with van der Waals surface area (Å²) in [5, 5.41) is 3.27. The number of anilines is 1. The Morgan fingerprint density at radius 1 is 1.24 bits per heavy atom.